The number of thiazole rings is 1. The average Bonchev–Trinajstić information content (AvgIpc) is 3.01. The highest BCUT2D eigenvalue weighted by atomic mass is 32.2. The molecule has 3 aromatic rings. The summed E-state index contributed by atoms with van der Waals surface area (Å²) in [7, 11) is 0. The predicted octanol–water partition coefficient (Wildman–Crippen LogP) is 3.47. The lowest BCUT2D eigenvalue weighted by molar-refractivity contribution is 0.172. The number of hydrogen-bond acceptors (Lipinski definition) is 5. The molecule has 1 atom stereocenters. The van der Waals surface area contributed by atoms with Gasteiger partial charge in [0.2, 0.25) is 0 Å². The molecule has 1 N–H and O–H groups in total. The molecule has 0 amide bonds. The largest absolute Gasteiger partial charge is 0.392 e. The highest BCUT2D eigenvalue weighted by Crippen LogP contribution is 2.27. The van der Waals surface area contributed by atoms with E-state index >= 15 is 0 Å². The standard InChI is InChI=1S/C15H17N3OS2/c1-10(19)7-18-14-6-4-3-5-13(14)17-15(18)21-9-12-8-20-11(2)16-12/h3-6,8,10,19H,7,9H2,1-2H3/t10-/m0/s1. The fraction of sp³-hybridized carbons (Fsp3) is 0.333. The van der Waals surface area contributed by atoms with Crippen molar-refractivity contribution in [2.45, 2.75) is 37.4 Å². The summed E-state index contributed by atoms with van der Waals surface area (Å²) in [6.07, 6.45) is -0.400. The Morgan fingerprint density at radius 1 is 1.33 bits per heavy atom. The van der Waals surface area contributed by atoms with Gasteiger partial charge in [-0.3, -0.25) is 0 Å². The lowest BCUT2D eigenvalue weighted by Crippen LogP contribution is -2.12. The Morgan fingerprint density at radius 2 is 2.14 bits per heavy atom. The molecule has 0 aliphatic rings. The molecule has 0 radical (unpaired) electrons. The van der Waals surface area contributed by atoms with Crippen LogP contribution in [0, 0.1) is 6.92 Å². The molecule has 0 fully saturated rings. The number of aliphatic hydroxyl groups is 1. The predicted molar refractivity (Wildman–Crippen MR) is 87.8 cm³/mol. The van der Waals surface area contributed by atoms with Gasteiger partial charge in [0.25, 0.3) is 0 Å². The van der Waals surface area contributed by atoms with Crippen LogP contribution >= 0.6 is 23.1 Å². The maximum atomic E-state index is 9.73. The zero-order valence-electron chi connectivity index (χ0n) is 12.0. The minimum Gasteiger partial charge on any atom is -0.392 e. The Hall–Kier alpha value is -1.37. The fourth-order valence-electron chi connectivity index (χ4n) is 2.22. The number of thioether (sulfide) groups is 1. The summed E-state index contributed by atoms with van der Waals surface area (Å²) < 4.78 is 2.09. The molecule has 110 valence electrons. The van der Waals surface area contributed by atoms with Crippen LogP contribution in [0.2, 0.25) is 0 Å². The minimum atomic E-state index is -0.400. The van der Waals surface area contributed by atoms with E-state index in [0.717, 1.165) is 32.6 Å². The van der Waals surface area contributed by atoms with Crippen LogP contribution in [0.15, 0.2) is 34.8 Å². The molecule has 2 heterocycles. The van der Waals surface area contributed by atoms with Gasteiger partial charge >= 0.3 is 0 Å². The highest BCUT2D eigenvalue weighted by molar-refractivity contribution is 7.98. The van der Waals surface area contributed by atoms with Crippen molar-refractivity contribution in [1.29, 1.82) is 0 Å². The van der Waals surface area contributed by atoms with Gasteiger partial charge < -0.3 is 9.67 Å². The summed E-state index contributed by atoms with van der Waals surface area (Å²) in [5.41, 5.74) is 3.11. The maximum Gasteiger partial charge on any atom is 0.169 e. The molecule has 1 aromatic carbocycles. The monoisotopic (exact) mass is 319 g/mol. The first-order valence-electron chi connectivity index (χ1n) is 6.80. The van der Waals surface area contributed by atoms with E-state index in [1.807, 2.05) is 31.2 Å². The number of nitrogens with zero attached hydrogens (tertiary/aromatic N) is 3. The van der Waals surface area contributed by atoms with Crippen LogP contribution in [0.25, 0.3) is 11.0 Å². The molecule has 4 nitrogen and oxygen atoms in total. The lowest BCUT2D eigenvalue weighted by Gasteiger charge is -2.10. The smallest absolute Gasteiger partial charge is 0.169 e. The van der Waals surface area contributed by atoms with Crippen LogP contribution in [0.5, 0.6) is 0 Å². The zero-order valence-corrected chi connectivity index (χ0v) is 13.6. The van der Waals surface area contributed by atoms with E-state index in [4.69, 9.17) is 0 Å². The number of aryl methyl sites for hydroxylation is 1. The van der Waals surface area contributed by atoms with Crippen LogP contribution in [-0.2, 0) is 12.3 Å². The average molecular weight is 319 g/mol. The van der Waals surface area contributed by atoms with Crippen molar-refractivity contribution in [2.75, 3.05) is 0 Å². The maximum absolute atomic E-state index is 9.73. The Morgan fingerprint density at radius 3 is 2.86 bits per heavy atom. The molecule has 0 saturated heterocycles. The SMILES string of the molecule is Cc1nc(CSc2nc3ccccc3n2C[C@H](C)O)cs1. The molecule has 6 heteroatoms. The summed E-state index contributed by atoms with van der Waals surface area (Å²) in [5, 5.41) is 13.8. The van der Waals surface area contributed by atoms with E-state index in [-0.39, 0.29) is 0 Å². The Bertz CT molecular complexity index is 748. The van der Waals surface area contributed by atoms with Crippen molar-refractivity contribution in [1.82, 2.24) is 14.5 Å². The highest BCUT2D eigenvalue weighted by Gasteiger charge is 2.13. The summed E-state index contributed by atoms with van der Waals surface area (Å²) in [6.45, 7) is 4.37. The molecule has 0 bridgehead atoms. The number of benzene rings is 1. The minimum absolute atomic E-state index is 0.400. The Balaban J connectivity index is 1.89. The van der Waals surface area contributed by atoms with Crippen molar-refractivity contribution < 1.29 is 5.11 Å². The third-order valence-electron chi connectivity index (χ3n) is 3.08. The molecule has 21 heavy (non-hydrogen) atoms. The van der Waals surface area contributed by atoms with Crippen LogP contribution < -0.4 is 0 Å². The van der Waals surface area contributed by atoms with E-state index < -0.39 is 6.10 Å². The normalized spacial score (nSPS) is 12.9. The lowest BCUT2D eigenvalue weighted by atomic mass is 10.3. The number of rotatable bonds is 5. The van der Waals surface area contributed by atoms with E-state index in [0.29, 0.717) is 6.54 Å². The summed E-state index contributed by atoms with van der Waals surface area (Å²) in [6, 6.07) is 8.04. The quantitative estimate of drug-likeness (QED) is 0.732. The number of aliphatic hydroxyl groups excluding tert-OH is 1. The molecule has 0 spiro atoms. The molecule has 0 saturated carbocycles. The van der Waals surface area contributed by atoms with Gasteiger partial charge in [-0.25, -0.2) is 9.97 Å². The number of aromatic nitrogens is 3. The van der Waals surface area contributed by atoms with E-state index in [1.165, 1.54) is 0 Å². The van der Waals surface area contributed by atoms with Gasteiger partial charge in [-0.05, 0) is 26.0 Å². The fourth-order valence-corrected chi connectivity index (χ4v) is 3.85. The first-order chi connectivity index (χ1) is 10.1. The molecule has 2 aromatic heterocycles. The van der Waals surface area contributed by atoms with Crippen molar-refractivity contribution in [3.63, 3.8) is 0 Å². The number of para-hydroxylation sites is 2. The topological polar surface area (TPSA) is 50.9 Å². The second kappa shape index (κ2) is 6.17. The number of fused-ring (bicyclic) bond motifs is 1. The van der Waals surface area contributed by atoms with E-state index in [9.17, 15) is 5.11 Å². The molecule has 0 aliphatic heterocycles. The summed E-state index contributed by atoms with van der Waals surface area (Å²) in [4.78, 5) is 9.16. The molecule has 3 rings (SSSR count). The number of imidazole rings is 1. The van der Waals surface area contributed by atoms with Gasteiger partial charge in [0.1, 0.15) is 0 Å². The van der Waals surface area contributed by atoms with Gasteiger partial charge in [-0.2, -0.15) is 0 Å². The number of hydrogen-bond donors (Lipinski definition) is 1. The van der Waals surface area contributed by atoms with Gasteiger partial charge in [0, 0.05) is 11.1 Å². The molecular formula is C15H17N3OS2. The van der Waals surface area contributed by atoms with E-state index in [1.54, 1.807) is 30.0 Å². The van der Waals surface area contributed by atoms with Gasteiger partial charge in [-0.15, -0.1) is 11.3 Å². The first kappa shape index (κ1) is 14.6. The van der Waals surface area contributed by atoms with Gasteiger partial charge in [0.05, 0.1) is 34.4 Å². The van der Waals surface area contributed by atoms with Crippen LogP contribution in [0.3, 0.4) is 0 Å². The third kappa shape index (κ3) is 3.28. The molecule has 0 aliphatic carbocycles. The van der Waals surface area contributed by atoms with Gasteiger partial charge in [0.15, 0.2) is 5.16 Å². The summed E-state index contributed by atoms with van der Waals surface area (Å²) >= 11 is 3.33. The Kier molecular flexibility index (Phi) is 4.28. The van der Waals surface area contributed by atoms with Crippen molar-refractivity contribution >= 4 is 34.1 Å². The summed E-state index contributed by atoms with van der Waals surface area (Å²) in [5.74, 6) is 0.799. The molecular weight excluding hydrogens is 302 g/mol. The zero-order chi connectivity index (χ0) is 14.8. The Labute approximate surface area is 131 Å². The third-order valence-corrected chi connectivity index (χ3v) is 4.91. The van der Waals surface area contributed by atoms with E-state index in [2.05, 4.69) is 19.9 Å². The second-order valence-electron chi connectivity index (χ2n) is 4.99. The van der Waals surface area contributed by atoms with Crippen LogP contribution in [0.4, 0.5) is 0 Å². The first-order valence-corrected chi connectivity index (χ1v) is 8.67. The second-order valence-corrected chi connectivity index (χ2v) is 6.99. The van der Waals surface area contributed by atoms with Gasteiger partial charge in [-0.1, -0.05) is 23.9 Å². The van der Waals surface area contributed by atoms with Crippen molar-refractivity contribution in [3.05, 3.63) is 40.3 Å². The van der Waals surface area contributed by atoms with Crippen molar-refractivity contribution in [2.24, 2.45) is 0 Å². The van der Waals surface area contributed by atoms with Crippen LogP contribution in [0.1, 0.15) is 17.6 Å². The molecule has 0 unspecified atom stereocenters. The van der Waals surface area contributed by atoms with Crippen LogP contribution in [-0.4, -0.2) is 25.7 Å². The van der Waals surface area contributed by atoms with Crippen molar-refractivity contribution in [3.8, 4) is 0 Å².